The highest BCUT2D eigenvalue weighted by molar-refractivity contribution is 5.81. The number of fused-ring (bicyclic) bond motifs is 2. The van der Waals surface area contributed by atoms with Crippen LogP contribution >= 0.6 is 0 Å². The van der Waals surface area contributed by atoms with E-state index in [-0.39, 0.29) is 5.92 Å². The molecule has 0 aliphatic carbocycles. The van der Waals surface area contributed by atoms with Crippen molar-refractivity contribution < 1.29 is 19.0 Å². The van der Waals surface area contributed by atoms with Crippen LogP contribution < -0.4 is 5.32 Å². The van der Waals surface area contributed by atoms with Crippen LogP contribution in [0.3, 0.4) is 0 Å². The van der Waals surface area contributed by atoms with Crippen molar-refractivity contribution in [1.82, 2.24) is 5.32 Å². The summed E-state index contributed by atoms with van der Waals surface area (Å²) in [6.45, 7) is 5.85. The van der Waals surface area contributed by atoms with Gasteiger partial charge in [-0.15, -0.1) is 0 Å². The Labute approximate surface area is 115 Å². The van der Waals surface area contributed by atoms with Crippen LogP contribution in [-0.4, -0.2) is 57.5 Å². The minimum absolute atomic E-state index is 0.190. The zero-order chi connectivity index (χ0) is 13.5. The first-order valence-electron chi connectivity index (χ1n) is 7.31. The lowest BCUT2D eigenvalue weighted by Gasteiger charge is -2.39. The largest absolute Gasteiger partial charge is 0.379 e. The van der Waals surface area contributed by atoms with Crippen LogP contribution in [0.5, 0.6) is 0 Å². The van der Waals surface area contributed by atoms with Gasteiger partial charge in [-0.05, 0) is 19.8 Å². The minimum Gasteiger partial charge on any atom is -0.379 e. The van der Waals surface area contributed by atoms with E-state index in [0.29, 0.717) is 50.7 Å². The summed E-state index contributed by atoms with van der Waals surface area (Å²) in [6, 6.07) is 0.723. The number of nitrogens with one attached hydrogen (secondary N) is 1. The van der Waals surface area contributed by atoms with Crippen LogP contribution in [0.15, 0.2) is 0 Å². The predicted molar refractivity (Wildman–Crippen MR) is 71.2 cm³/mol. The van der Waals surface area contributed by atoms with Gasteiger partial charge in [0, 0.05) is 31.0 Å². The summed E-state index contributed by atoms with van der Waals surface area (Å²) in [7, 11) is 0. The second kappa shape index (κ2) is 7.94. The number of rotatable bonds is 8. The summed E-state index contributed by atoms with van der Waals surface area (Å²) in [5.41, 5.74) is 0. The third-order valence-corrected chi connectivity index (χ3v) is 3.77. The Morgan fingerprint density at radius 2 is 1.84 bits per heavy atom. The SMILES string of the molecule is CCOCCOCCC(=O)C1CC2COCC(C1)N2. The number of piperidine rings is 1. The molecule has 0 saturated carbocycles. The summed E-state index contributed by atoms with van der Waals surface area (Å²) in [4.78, 5) is 12.1. The molecule has 2 rings (SSSR count). The zero-order valence-corrected chi connectivity index (χ0v) is 11.7. The van der Waals surface area contributed by atoms with E-state index in [0.717, 1.165) is 26.1 Å². The van der Waals surface area contributed by atoms with Crippen LogP contribution in [0, 0.1) is 5.92 Å². The Bertz CT molecular complexity index is 273. The number of carbonyl (C=O) groups is 1. The molecule has 2 fully saturated rings. The predicted octanol–water partition coefficient (Wildman–Crippen LogP) is 0.766. The molecule has 0 amide bonds. The molecule has 2 atom stereocenters. The first-order valence-corrected chi connectivity index (χ1v) is 7.31. The molecule has 1 N–H and O–H groups in total. The van der Waals surface area contributed by atoms with Crippen LogP contribution in [-0.2, 0) is 19.0 Å². The zero-order valence-electron chi connectivity index (χ0n) is 11.7. The highest BCUT2D eigenvalue weighted by atomic mass is 16.5. The van der Waals surface area contributed by atoms with Gasteiger partial charge >= 0.3 is 0 Å². The maximum atomic E-state index is 12.1. The van der Waals surface area contributed by atoms with Crippen molar-refractivity contribution >= 4 is 5.78 Å². The van der Waals surface area contributed by atoms with Crippen molar-refractivity contribution in [2.24, 2.45) is 5.92 Å². The molecule has 2 bridgehead atoms. The third-order valence-electron chi connectivity index (χ3n) is 3.77. The first kappa shape index (κ1) is 14.9. The lowest BCUT2D eigenvalue weighted by molar-refractivity contribution is -0.127. The Balaban J connectivity index is 1.60. The number of morpholine rings is 1. The quantitative estimate of drug-likeness (QED) is 0.661. The maximum Gasteiger partial charge on any atom is 0.138 e. The smallest absolute Gasteiger partial charge is 0.138 e. The number of Topliss-reactive ketones (excluding diaryl/α,β-unsaturated/α-hetero) is 1. The molecular weight excluding hydrogens is 246 g/mol. The molecule has 2 aliphatic heterocycles. The highest BCUT2D eigenvalue weighted by Gasteiger charge is 2.34. The molecule has 5 nitrogen and oxygen atoms in total. The number of hydrogen-bond acceptors (Lipinski definition) is 5. The van der Waals surface area contributed by atoms with Crippen LogP contribution in [0.1, 0.15) is 26.2 Å². The molecule has 19 heavy (non-hydrogen) atoms. The maximum absolute atomic E-state index is 12.1. The Kier molecular flexibility index (Phi) is 6.23. The lowest BCUT2D eigenvalue weighted by Crippen LogP contribution is -2.55. The molecule has 0 radical (unpaired) electrons. The molecule has 2 unspecified atom stereocenters. The van der Waals surface area contributed by atoms with Crippen molar-refractivity contribution in [3.05, 3.63) is 0 Å². The third kappa shape index (κ3) is 4.84. The van der Waals surface area contributed by atoms with Crippen molar-refractivity contribution in [3.63, 3.8) is 0 Å². The van der Waals surface area contributed by atoms with Gasteiger partial charge in [0.05, 0.1) is 33.0 Å². The van der Waals surface area contributed by atoms with E-state index in [2.05, 4.69) is 5.32 Å². The molecule has 5 heteroatoms. The van der Waals surface area contributed by atoms with Gasteiger partial charge < -0.3 is 19.5 Å². The first-order chi connectivity index (χ1) is 9.29. The monoisotopic (exact) mass is 271 g/mol. The topological polar surface area (TPSA) is 56.8 Å². The molecule has 2 heterocycles. The second-order valence-electron chi connectivity index (χ2n) is 5.29. The number of hydrogen-bond donors (Lipinski definition) is 1. The van der Waals surface area contributed by atoms with Gasteiger partial charge in [-0.2, -0.15) is 0 Å². The summed E-state index contributed by atoms with van der Waals surface area (Å²) < 4.78 is 16.1. The minimum atomic E-state index is 0.190. The van der Waals surface area contributed by atoms with Crippen molar-refractivity contribution in [2.75, 3.05) is 39.6 Å². The van der Waals surface area contributed by atoms with Crippen molar-refractivity contribution in [1.29, 1.82) is 0 Å². The number of ketones is 1. The van der Waals surface area contributed by atoms with Gasteiger partial charge in [-0.3, -0.25) is 4.79 Å². The Morgan fingerprint density at radius 1 is 1.16 bits per heavy atom. The molecular formula is C14H25NO4. The van der Waals surface area contributed by atoms with E-state index in [4.69, 9.17) is 14.2 Å². The van der Waals surface area contributed by atoms with Gasteiger partial charge in [0.25, 0.3) is 0 Å². The van der Waals surface area contributed by atoms with Gasteiger partial charge in [-0.1, -0.05) is 0 Å². The van der Waals surface area contributed by atoms with Crippen LogP contribution in [0.25, 0.3) is 0 Å². The summed E-state index contributed by atoms with van der Waals surface area (Å²) in [5, 5.41) is 3.50. The Morgan fingerprint density at radius 3 is 2.53 bits per heavy atom. The number of ether oxygens (including phenoxy) is 3. The van der Waals surface area contributed by atoms with E-state index in [1.807, 2.05) is 6.92 Å². The van der Waals surface area contributed by atoms with Crippen molar-refractivity contribution in [3.8, 4) is 0 Å². The van der Waals surface area contributed by atoms with Gasteiger partial charge in [0.1, 0.15) is 5.78 Å². The standard InChI is InChI=1S/C14H25NO4/c1-2-17-5-6-18-4-3-14(16)11-7-12-9-19-10-13(8-11)15-12/h11-13,15H,2-10H2,1H3. The normalized spacial score (nSPS) is 30.3. The molecule has 2 saturated heterocycles. The molecule has 0 aromatic rings. The van der Waals surface area contributed by atoms with E-state index in [1.165, 1.54) is 0 Å². The summed E-state index contributed by atoms with van der Waals surface area (Å²) in [6.07, 6.45) is 2.35. The van der Waals surface area contributed by atoms with Crippen LogP contribution in [0.2, 0.25) is 0 Å². The fourth-order valence-electron chi connectivity index (χ4n) is 2.84. The van der Waals surface area contributed by atoms with E-state index in [9.17, 15) is 4.79 Å². The second-order valence-corrected chi connectivity index (χ2v) is 5.29. The number of carbonyl (C=O) groups excluding carboxylic acids is 1. The molecule has 110 valence electrons. The fraction of sp³-hybridized carbons (Fsp3) is 0.929. The summed E-state index contributed by atoms with van der Waals surface area (Å²) >= 11 is 0. The average Bonchev–Trinajstić information content (AvgIpc) is 2.42. The average molecular weight is 271 g/mol. The van der Waals surface area contributed by atoms with Gasteiger partial charge in [0.2, 0.25) is 0 Å². The van der Waals surface area contributed by atoms with Crippen molar-refractivity contribution in [2.45, 2.75) is 38.3 Å². The molecule has 0 spiro atoms. The highest BCUT2D eigenvalue weighted by Crippen LogP contribution is 2.25. The molecule has 2 aliphatic rings. The summed E-state index contributed by atoms with van der Waals surface area (Å²) in [5.74, 6) is 0.533. The molecule has 0 aromatic heterocycles. The Hall–Kier alpha value is -0.490. The lowest BCUT2D eigenvalue weighted by atomic mass is 9.83. The van der Waals surface area contributed by atoms with E-state index < -0.39 is 0 Å². The van der Waals surface area contributed by atoms with Crippen LogP contribution in [0.4, 0.5) is 0 Å². The van der Waals surface area contributed by atoms with Gasteiger partial charge in [0.15, 0.2) is 0 Å². The van der Waals surface area contributed by atoms with E-state index in [1.54, 1.807) is 0 Å². The molecule has 0 aromatic carbocycles. The van der Waals surface area contributed by atoms with Gasteiger partial charge in [-0.25, -0.2) is 0 Å². The van der Waals surface area contributed by atoms with E-state index >= 15 is 0 Å². The fourth-order valence-corrected chi connectivity index (χ4v) is 2.84.